The third-order valence-electron chi connectivity index (χ3n) is 3.74. The number of fused-ring (bicyclic) bond motifs is 1. The minimum absolute atomic E-state index is 0.0237. The molecule has 3 rings (SSSR count). The van der Waals surface area contributed by atoms with Crippen molar-refractivity contribution in [1.82, 2.24) is 9.55 Å². The molecule has 0 radical (unpaired) electrons. The number of amides is 1. The first-order valence-electron chi connectivity index (χ1n) is 7.44. The second-order valence-corrected chi connectivity index (χ2v) is 5.69. The zero-order valence-electron chi connectivity index (χ0n) is 12.7. The average Bonchev–Trinajstić information content (AvgIpc) is 3.01. The second kappa shape index (κ2) is 6.02. The smallest absolute Gasteiger partial charge is 0.247 e. The lowest BCUT2D eigenvalue weighted by molar-refractivity contribution is -0.120. The van der Waals surface area contributed by atoms with Crippen molar-refractivity contribution < 1.29 is 4.79 Å². The number of anilines is 1. The van der Waals surface area contributed by atoms with Gasteiger partial charge in [-0.25, -0.2) is 0 Å². The van der Waals surface area contributed by atoms with Crippen LogP contribution in [0, 0.1) is 5.92 Å². The Bertz CT molecular complexity index is 773. The summed E-state index contributed by atoms with van der Waals surface area (Å²) in [6.45, 7) is 4.09. The molecule has 2 aromatic heterocycles. The number of hydrogen-bond acceptors (Lipinski definition) is 2. The Balaban J connectivity index is 1.92. The van der Waals surface area contributed by atoms with E-state index >= 15 is 0 Å². The quantitative estimate of drug-likeness (QED) is 0.793. The SMILES string of the molecule is CC(C)[C@H](C(=O)Nc1cccc2cccnc12)n1cccc1. The Hall–Kier alpha value is -2.62. The first-order chi connectivity index (χ1) is 10.7. The number of aromatic nitrogens is 2. The van der Waals surface area contributed by atoms with Crippen molar-refractivity contribution in [1.29, 1.82) is 0 Å². The molecular formula is C18H19N3O. The molecule has 3 aromatic rings. The fourth-order valence-corrected chi connectivity index (χ4v) is 2.73. The lowest BCUT2D eigenvalue weighted by atomic mass is 10.0. The summed E-state index contributed by atoms with van der Waals surface area (Å²) in [5.41, 5.74) is 1.56. The number of benzene rings is 1. The van der Waals surface area contributed by atoms with Gasteiger partial charge in [-0.05, 0) is 30.2 Å². The van der Waals surface area contributed by atoms with Crippen molar-refractivity contribution in [2.24, 2.45) is 5.92 Å². The van der Waals surface area contributed by atoms with Crippen LogP contribution in [0.4, 0.5) is 5.69 Å². The predicted molar refractivity (Wildman–Crippen MR) is 88.7 cm³/mol. The molecule has 0 spiro atoms. The van der Waals surface area contributed by atoms with Gasteiger partial charge in [0.25, 0.3) is 0 Å². The van der Waals surface area contributed by atoms with Crippen LogP contribution in [0.15, 0.2) is 61.1 Å². The van der Waals surface area contributed by atoms with Gasteiger partial charge in [-0.3, -0.25) is 9.78 Å². The lowest BCUT2D eigenvalue weighted by Crippen LogP contribution is -2.29. The topological polar surface area (TPSA) is 46.9 Å². The lowest BCUT2D eigenvalue weighted by Gasteiger charge is -2.22. The maximum absolute atomic E-state index is 12.7. The van der Waals surface area contributed by atoms with E-state index < -0.39 is 0 Å². The van der Waals surface area contributed by atoms with Crippen molar-refractivity contribution >= 4 is 22.5 Å². The van der Waals surface area contributed by atoms with Crippen molar-refractivity contribution in [3.63, 3.8) is 0 Å². The third kappa shape index (κ3) is 2.72. The summed E-state index contributed by atoms with van der Waals surface area (Å²) in [4.78, 5) is 17.1. The molecule has 0 bridgehead atoms. The number of pyridine rings is 1. The Labute approximate surface area is 129 Å². The Morgan fingerprint density at radius 1 is 1.09 bits per heavy atom. The monoisotopic (exact) mass is 293 g/mol. The normalized spacial score (nSPS) is 12.5. The molecule has 22 heavy (non-hydrogen) atoms. The highest BCUT2D eigenvalue weighted by Gasteiger charge is 2.23. The highest BCUT2D eigenvalue weighted by molar-refractivity contribution is 6.01. The summed E-state index contributed by atoms with van der Waals surface area (Å²) in [6, 6.07) is 13.3. The maximum atomic E-state index is 12.7. The van der Waals surface area contributed by atoms with Gasteiger partial charge in [0.05, 0.1) is 11.2 Å². The summed E-state index contributed by atoms with van der Waals surface area (Å²) in [5, 5.41) is 4.05. The van der Waals surface area contributed by atoms with Crippen molar-refractivity contribution in [2.45, 2.75) is 19.9 Å². The highest BCUT2D eigenvalue weighted by atomic mass is 16.2. The third-order valence-corrected chi connectivity index (χ3v) is 3.74. The molecule has 1 aromatic carbocycles. The molecule has 0 fully saturated rings. The zero-order chi connectivity index (χ0) is 15.5. The predicted octanol–water partition coefficient (Wildman–Crippen LogP) is 3.87. The highest BCUT2D eigenvalue weighted by Crippen LogP contribution is 2.24. The number of para-hydroxylation sites is 1. The zero-order valence-corrected chi connectivity index (χ0v) is 12.7. The maximum Gasteiger partial charge on any atom is 0.247 e. The van der Waals surface area contributed by atoms with Crippen LogP contribution in [-0.2, 0) is 4.79 Å². The molecule has 0 saturated carbocycles. The van der Waals surface area contributed by atoms with Gasteiger partial charge >= 0.3 is 0 Å². The molecule has 0 aliphatic carbocycles. The van der Waals surface area contributed by atoms with E-state index in [2.05, 4.69) is 10.3 Å². The van der Waals surface area contributed by atoms with Crippen LogP contribution in [0.3, 0.4) is 0 Å². The van der Waals surface area contributed by atoms with E-state index in [1.54, 1.807) is 6.20 Å². The summed E-state index contributed by atoms with van der Waals surface area (Å²) in [6.07, 6.45) is 5.58. The number of nitrogens with one attached hydrogen (secondary N) is 1. The summed E-state index contributed by atoms with van der Waals surface area (Å²) in [5.74, 6) is 0.166. The first-order valence-corrected chi connectivity index (χ1v) is 7.44. The van der Waals surface area contributed by atoms with E-state index in [-0.39, 0.29) is 17.9 Å². The number of rotatable bonds is 4. The number of carbonyl (C=O) groups is 1. The van der Waals surface area contributed by atoms with E-state index in [0.717, 1.165) is 16.6 Å². The van der Waals surface area contributed by atoms with Crippen molar-refractivity contribution in [2.75, 3.05) is 5.32 Å². The molecule has 0 aliphatic heterocycles. The van der Waals surface area contributed by atoms with Gasteiger partial charge in [0.2, 0.25) is 5.91 Å². The van der Waals surface area contributed by atoms with Crippen LogP contribution in [0.2, 0.25) is 0 Å². The molecular weight excluding hydrogens is 274 g/mol. The van der Waals surface area contributed by atoms with Crippen molar-refractivity contribution in [3.05, 3.63) is 61.1 Å². The molecule has 1 atom stereocenters. The number of carbonyl (C=O) groups excluding carboxylic acids is 1. The van der Waals surface area contributed by atoms with Gasteiger partial charge < -0.3 is 9.88 Å². The van der Waals surface area contributed by atoms with Crippen LogP contribution in [0.1, 0.15) is 19.9 Å². The van der Waals surface area contributed by atoms with E-state index in [1.165, 1.54) is 0 Å². The molecule has 0 saturated heterocycles. The molecule has 0 unspecified atom stereocenters. The van der Waals surface area contributed by atoms with Crippen LogP contribution in [0.5, 0.6) is 0 Å². The summed E-state index contributed by atoms with van der Waals surface area (Å²) >= 11 is 0. The van der Waals surface area contributed by atoms with Crippen LogP contribution in [-0.4, -0.2) is 15.5 Å². The molecule has 0 aliphatic rings. The molecule has 1 amide bonds. The van der Waals surface area contributed by atoms with Crippen LogP contribution in [0.25, 0.3) is 10.9 Å². The fraction of sp³-hybridized carbons (Fsp3) is 0.222. The summed E-state index contributed by atoms with van der Waals surface area (Å²) in [7, 11) is 0. The molecule has 4 nitrogen and oxygen atoms in total. The number of nitrogens with zero attached hydrogens (tertiary/aromatic N) is 2. The fourth-order valence-electron chi connectivity index (χ4n) is 2.73. The van der Waals surface area contributed by atoms with Gasteiger partial charge in [0.15, 0.2) is 0 Å². The summed E-state index contributed by atoms with van der Waals surface area (Å²) < 4.78 is 1.94. The Morgan fingerprint density at radius 3 is 2.55 bits per heavy atom. The Kier molecular flexibility index (Phi) is 3.92. The van der Waals surface area contributed by atoms with E-state index in [4.69, 9.17) is 0 Å². The molecule has 4 heteroatoms. The van der Waals surface area contributed by atoms with Gasteiger partial charge in [-0.2, -0.15) is 0 Å². The number of hydrogen-bond donors (Lipinski definition) is 1. The molecule has 112 valence electrons. The van der Waals surface area contributed by atoms with Gasteiger partial charge in [-0.1, -0.05) is 32.0 Å². The van der Waals surface area contributed by atoms with Crippen LogP contribution >= 0.6 is 0 Å². The molecule has 2 heterocycles. The molecule has 1 N–H and O–H groups in total. The average molecular weight is 293 g/mol. The van der Waals surface area contributed by atoms with E-state index in [0.29, 0.717) is 0 Å². The van der Waals surface area contributed by atoms with Crippen molar-refractivity contribution in [3.8, 4) is 0 Å². The van der Waals surface area contributed by atoms with E-state index in [9.17, 15) is 4.79 Å². The second-order valence-electron chi connectivity index (χ2n) is 5.69. The van der Waals surface area contributed by atoms with Gasteiger partial charge in [0.1, 0.15) is 6.04 Å². The van der Waals surface area contributed by atoms with Crippen LogP contribution < -0.4 is 5.32 Å². The van der Waals surface area contributed by atoms with E-state index in [1.807, 2.05) is 73.3 Å². The minimum Gasteiger partial charge on any atom is -0.342 e. The largest absolute Gasteiger partial charge is 0.342 e. The van der Waals surface area contributed by atoms with Gasteiger partial charge in [0, 0.05) is 24.0 Å². The standard InChI is InChI=1S/C18H19N3O/c1-13(2)17(21-11-3-4-12-21)18(22)20-15-9-5-7-14-8-6-10-19-16(14)15/h3-13,17H,1-2H3,(H,20,22)/t17-/m1/s1. The minimum atomic E-state index is -0.242. The van der Waals surface area contributed by atoms with Gasteiger partial charge in [-0.15, -0.1) is 0 Å². The Morgan fingerprint density at radius 2 is 1.82 bits per heavy atom. The first kappa shape index (κ1) is 14.3.